The first-order valence-corrected chi connectivity index (χ1v) is 8.54. The van der Waals surface area contributed by atoms with E-state index in [2.05, 4.69) is 26.2 Å². The van der Waals surface area contributed by atoms with Gasteiger partial charge in [-0.2, -0.15) is 0 Å². The molecule has 0 radical (unpaired) electrons. The summed E-state index contributed by atoms with van der Waals surface area (Å²) in [5.41, 5.74) is 0. The Labute approximate surface area is 132 Å². The van der Waals surface area contributed by atoms with Gasteiger partial charge in [0.25, 0.3) is 10.0 Å². The second-order valence-electron chi connectivity index (χ2n) is 3.49. The maximum atomic E-state index is 11.9. The average Bonchev–Trinajstić information content (AvgIpc) is 2.73. The number of nitrogens with one attached hydrogen (secondary N) is 2. The van der Waals surface area contributed by atoms with E-state index in [-0.39, 0.29) is 15.0 Å². The zero-order valence-electron chi connectivity index (χ0n) is 9.63. The Hall–Kier alpha value is -1.16. The van der Waals surface area contributed by atoms with Crippen LogP contribution in [0.25, 0.3) is 0 Å². The van der Waals surface area contributed by atoms with Gasteiger partial charge in [-0.1, -0.05) is 29.0 Å². The SMILES string of the molecule is O=C(Nc1ncc(Br)s1)NS(=O)(=O)c1cccc(Cl)c1. The molecule has 1 heterocycles. The van der Waals surface area contributed by atoms with Crippen molar-refractivity contribution in [2.45, 2.75) is 4.90 Å². The molecule has 0 aliphatic carbocycles. The molecule has 0 aliphatic rings. The fourth-order valence-electron chi connectivity index (χ4n) is 1.25. The van der Waals surface area contributed by atoms with Crippen molar-refractivity contribution in [3.05, 3.63) is 39.3 Å². The summed E-state index contributed by atoms with van der Waals surface area (Å²) in [7, 11) is -3.98. The molecule has 2 amide bonds. The highest BCUT2D eigenvalue weighted by atomic mass is 79.9. The van der Waals surface area contributed by atoms with Crippen LogP contribution in [0.5, 0.6) is 0 Å². The number of halogens is 2. The highest BCUT2D eigenvalue weighted by Gasteiger charge is 2.18. The van der Waals surface area contributed by atoms with Gasteiger partial charge in [0, 0.05) is 5.02 Å². The first-order chi connectivity index (χ1) is 9.37. The van der Waals surface area contributed by atoms with Crippen molar-refractivity contribution in [1.29, 1.82) is 0 Å². The van der Waals surface area contributed by atoms with Crippen LogP contribution in [-0.4, -0.2) is 19.4 Å². The number of aromatic nitrogens is 1. The highest BCUT2D eigenvalue weighted by molar-refractivity contribution is 9.11. The van der Waals surface area contributed by atoms with Crippen LogP contribution in [0, 0.1) is 0 Å². The second-order valence-corrected chi connectivity index (χ2v) is 8.02. The van der Waals surface area contributed by atoms with E-state index in [0.717, 1.165) is 11.3 Å². The minimum absolute atomic E-state index is 0.0968. The molecule has 2 N–H and O–H groups in total. The number of hydrogen-bond donors (Lipinski definition) is 2. The van der Waals surface area contributed by atoms with Crippen molar-refractivity contribution in [1.82, 2.24) is 9.71 Å². The third-order valence-electron chi connectivity index (χ3n) is 2.03. The van der Waals surface area contributed by atoms with Crippen molar-refractivity contribution in [3.8, 4) is 0 Å². The maximum Gasteiger partial charge on any atom is 0.334 e. The van der Waals surface area contributed by atoms with E-state index >= 15 is 0 Å². The van der Waals surface area contributed by atoms with Gasteiger partial charge in [-0.3, -0.25) is 5.32 Å². The lowest BCUT2D eigenvalue weighted by Gasteiger charge is -2.07. The van der Waals surface area contributed by atoms with Gasteiger partial charge in [-0.15, -0.1) is 0 Å². The Balaban J connectivity index is 2.10. The number of hydrogen-bond acceptors (Lipinski definition) is 5. The Kier molecular flexibility index (Phi) is 4.63. The Morgan fingerprint density at radius 1 is 1.40 bits per heavy atom. The summed E-state index contributed by atoms with van der Waals surface area (Å²) in [4.78, 5) is 15.4. The average molecular weight is 397 g/mol. The summed E-state index contributed by atoms with van der Waals surface area (Å²) in [6.45, 7) is 0. The molecule has 0 spiro atoms. The number of thiazole rings is 1. The van der Waals surface area contributed by atoms with Gasteiger partial charge in [0.05, 0.1) is 14.9 Å². The van der Waals surface area contributed by atoms with Crippen LogP contribution >= 0.6 is 38.9 Å². The zero-order valence-corrected chi connectivity index (χ0v) is 13.6. The van der Waals surface area contributed by atoms with Gasteiger partial charge in [-0.05, 0) is 34.1 Å². The van der Waals surface area contributed by atoms with Crippen molar-refractivity contribution in [2.75, 3.05) is 5.32 Å². The number of rotatable bonds is 3. The van der Waals surface area contributed by atoms with Crippen LogP contribution in [0.4, 0.5) is 9.93 Å². The van der Waals surface area contributed by atoms with E-state index in [4.69, 9.17) is 11.6 Å². The van der Waals surface area contributed by atoms with Crippen molar-refractivity contribution >= 4 is 60.1 Å². The number of carbonyl (C=O) groups is 1. The molecule has 2 rings (SSSR count). The lowest BCUT2D eigenvalue weighted by Crippen LogP contribution is -2.34. The molecular formula is C10H7BrClN3O3S2. The van der Waals surface area contributed by atoms with Gasteiger partial charge in [0.15, 0.2) is 5.13 Å². The number of nitrogens with zero attached hydrogens (tertiary/aromatic N) is 1. The molecule has 106 valence electrons. The van der Waals surface area contributed by atoms with Gasteiger partial charge < -0.3 is 0 Å². The van der Waals surface area contributed by atoms with Crippen molar-refractivity contribution in [3.63, 3.8) is 0 Å². The van der Waals surface area contributed by atoms with E-state index in [9.17, 15) is 13.2 Å². The summed E-state index contributed by atoms with van der Waals surface area (Å²) in [6.07, 6.45) is 1.49. The minimum atomic E-state index is -3.98. The molecule has 2 aromatic rings. The summed E-state index contributed by atoms with van der Waals surface area (Å²) < 4.78 is 26.5. The number of sulfonamides is 1. The number of benzene rings is 1. The van der Waals surface area contributed by atoms with Crippen LogP contribution in [0.1, 0.15) is 0 Å². The molecule has 1 aromatic heterocycles. The summed E-state index contributed by atoms with van der Waals surface area (Å²) in [6, 6.07) is 4.70. The summed E-state index contributed by atoms with van der Waals surface area (Å²) in [5, 5.41) is 2.85. The molecule has 0 saturated carbocycles. The van der Waals surface area contributed by atoms with E-state index in [1.54, 1.807) is 0 Å². The standard InChI is InChI=1S/C10H7BrClN3O3S2/c11-8-5-13-10(19-8)14-9(16)15-20(17,18)7-3-1-2-6(12)4-7/h1-5H,(H2,13,14,15,16). The predicted molar refractivity (Wildman–Crippen MR) is 80.6 cm³/mol. The topological polar surface area (TPSA) is 88.2 Å². The third-order valence-corrected chi connectivity index (χ3v) is 4.99. The molecule has 0 bridgehead atoms. The van der Waals surface area contributed by atoms with E-state index in [1.165, 1.54) is 30.5 Å². The molecule has 10 heteroatoms. The van der Waals surface area contributed by atoms with Gasteiger partial charge in [0.2, 0.25) is 0 Å². The zero-order chi connectivity index (χ0) is 14.8. The van der Waals surface area contributed by atoms with Gasteiger partial charge >= 0.3 is 6.03 Å². The third kappa shape index (κ3) is 3.92. The van der Waals surface area contributed by atoms with E-state index in [1.807, 2.05) is 4.72 Å². The largest absolute Gasteiger partial charge is 0.334 e. The summed E-state index contributed by atoms with van der Waals surface area (Å²) in [5.74, 6) is 0. The molecular weight excluding hydrogens is 390 g/mol. The quantitative estimate of drug-likeness (QED) is 0.834. The molecule has 0 atom stereocenters. The lowest BCUT2D eigenvalue weighted by molar-refractivity contribution is 0.256. The Morgan fingerprint density at radius 3 is 2.75 bits per heavy atom. The van der Waals surface area contributed by atoms with Gasteiger partial charge in [0.1, 0.15) is 0 Å². The maximum absolute atomic E-state index is 11.9. The second kappa shape index (κ2) is 6.08. The first-order valence-electron chi connectivity index (χ1n) is 5.07. The smallest absolute Gasteiger partial charge is 0.283 e. The number of urea groups is 1. The number of amides is 2. The van der Waals surface area contributed by atoms with E-state index in [0.29, 0.717) is 3.79 Å². The monoisotopic (exact) mass is 395 g/mol. The Morgan fingerprint density at radius 2 is 2.15 bits per heavy atom. The molecule has 0 aliphatic heterocycles. The molecule has 20 heavy (non-hydrogen) atoms. The van der Waals surface area contributed by atoms with Crippen molar-refractivity contribution < 1.29 is 13.2 Å². The Bertz CT molecular complexity index is 748. The summed E-state index contributed by atoms with van der Waals surface area (Å²) >= 11 is 10.1. The molecule has 0 unspecified atom stereocenters. The molecule has 0 fully saturated rings. The van der Waals surface area contributed by atoms with Gasteiger partial charge in [-0.25, -0.2) is 22.9 Å². The predicted octanol–water partition coefficient (Wildman–Crippen LogP) is 3.07. The van der Waals surface area contributed by atoms with Crippen LogP contribution in [0.2, 0.25) is 5.02 Å². The van der Waals surface area contributed by atoms with Crippen LogP contribution in [0.3, 0.4) is 0 Å². The van der Waals surface area contributed by atoms with Crippen molar-refractivity contribution in [2.24, 2.45) is 0 Å². The van der Waals surface area contributed by atoms with Crippen LogP contribution in [0.15, 0.2) is 39.1 Å². The molecule has 1 aromatic carbocycles. The fraction of sp³-hybridized carbons (Fsp3) is 0. The first kappa shape index (κ1) is 15.2. The van der Waals surface area contributed by atoms with Crippen LogP contribution < -0.4 is 10.0 Å². The van der Waals surface area contributed by atoms with E-state index < -0.39 is 16.1 Å². The molecule has 6 nitrogen and oxygen atoms in total. The lowest BCUT2D eigenvalue weighted by atomic mass is 10.4. The fourth-order valence-corrected chi connectivity index (χ4v) is 3.56. The molecule has 0 saturated heterocycles. The normalized spacial score (nSPS) is 11.1. The minimum Gasteiger partial charge on any atom is -0.283 e. The number of carbonyl (C=O) groups excluding carboxylic acids is 1. The highest BCUT2D eigenvalue weighted by Crippen LogP contribution is 2.23. The van der Waals surface area contributed by atoms with Crippen LogP contribution in [-0.2, 0) is 10.0 Å². The number of anilines is 1.